The Morgan fingerprint density at radius 2 is 1.62 bits per heavy atom. The molecule has 4 aromatic heterocycles. The van der Waals surface area contributed by atoms with Crippen molar-refractivity contribution in [2.75, 3.05) is 50.2 Å². The van der Waals surface area contributed by atoms with Gasteiger partial charge >= 0.3 is 0 Å². The molecular weight excluding hydrogens is 1070 g/mol. The van der Waals surface area contributed by atoms with E-state index in [9.17, 15) is 43.8 Å². The van der Waals surface area contributed by atoms with Gasteiger partial charge in [0.1, 0.15) is 51.6 Å². The zero-order valence-corrected chi connectivity index (χ0v) is 43.0. The number of nitrogen functional groups attached to an aromatic ring is 1. The number of amides is 7. The van der Waals surface area contributed by atoms with E-state index in [1.54, 1.807) is 5.38 Å². The van der Waals surface area contributed by atoms with Crippen LogP contribution >= 0.6 is 22.7 Å². The van der Waals surface area contributed by atoms with Crippen molar-refractivity contribution in [3.05, 3.63) is 56.8 Å². The number of hydrogen-bond donors (Lipinski definition) is 13. The van der Waals surface area contributed by atoms with Crippen LogP contribution in [-0.2, 0) is 41.3 Å². The van der Waals surface area contributed by atoms with Crippen LogP contribution < -0.4 is 78.8 Å². The van der Waals surface area contributed by atoms with Crippen molar-refractivity contribution in [3.63, 3.8) is 0 Å². The molecule has 0 radical (unpaired) electrons. The first-order valence-corrected chi connectivity index (χ1v) is 25.1. The first kappa shape index (κ1) is 57.9. The lowest BCUT2D eigenvalue weighted by atomic mass is 9.97. The van der Waals surface area contributed by atoms with Gasteiger partial charge in [-0.3, -0.25) is 33.6 Å². The zero-order valence-electron chi connectivity index (χ0n) is 38.4. The summed E-state index contributed by atoms with van der Waals surface area (Å²) in [5, 5.41) is 43.0. The highest BCUT2D eigenvalue weighted by atomic mass is 127. The van der Waals surface area contributed by atoms with E-state index in [1.165, 1.54) is 56.0 Å². The summed E-state index contributed by atoms with van der Waals surface area (Å²) in [6.45, 7) is 4.34. The van der Waals surface area contributed by atoms with E-state index in [4.69, 9.17) is 22.9 Å². The predicted molar refractivity (Wildman–Crippen MR) is 254 cm³/mol. The molecule has 4 aromatic rings. The molecule has 0 aliphatic carbocycles. The van der Waals surface area contributed by atoms with Crippen molar-refractivity contribution in [1.29, 1.82) is 0 Å². The molecular formula is C40H59IN16O9S3. The minimum Gasteiger partial charge on any atom is -1.00 e. The molecule has 0 aliphatic rings. The summed E-state index contributed by atoms with van der Waals surface area (Å²) in [5.74, 6) is -5.59. The molecule has 0 spiro atoms. The molecule has 69 heavy (non-hydrogen) atoms. The molecule has 7 amide bonds. The molecule has 25 nitrogen and oxygen atoms in total. The number of nitrogens with two attached hydrogens (primary N) is 4. The number of rotatable bonds is 27. The lowest BCUT2D eigenvalue weighted by Gasteiger charge is -2.28. The zero-order chi connectivity index (χ0) is 50.2. The van der Waals surface area contributed by atoms with Gasteiger partial charge in [-0.25, -0.2) is 24.9 Å². The standard InChI is InChI=1S/C40H58N16O9S3.HI/c1-18-29(54-35(56-33(18)43)22(11-26(42)57)48-12-21(41)34(44)61)38(64)55-30(32(60)23-13-45-17-50-23)39(65)51-20(3)31(59)19(2)36(62)49-14-27(58)46-9-7-28-52-25(16-66-28)40-53-24(15-67-40)37(63)47-8-6-10-68(4)5;/h13,15-17,19-22,30-32,48,59-60H,6-12,14,41H2,1-5H3,(H11-,42,43,44,45,46,47,49,50,51,54,55,56,57,58,61,62,63,64,65);1H/t19-,20+,21-,22-,30-,31-,32-;/m0./s1. The largest absolute Gasteiger partial charge is 1.00 e. The number of aromatic amines is 1. The van der Waals surface area contributed by atoms with Crippen LogP contribution in [0.25, 0.3) is 10.7 Å². The number of primary amides is 2. The lowest BCUT2D eigenvalue weighted by molar-refractivity contribution is -0.133. The van der Waals surface area contributed by atoms with Gasteiger partial charge in [0, 0.05) is 55.2 Å². The monoisotopic (exact) mass is 1130 g/mol. The summed E-state index contributed by atoms with van der Waals surface area (Å²) in [7, 11) is 0.310. The molecule has 0 unspecified atom stereocenters. The van der Waals surface area contributed by atoms with Crippen LogP contribution in [0.1, 0.15) is 81.9 Å². The van der Waals surface area contributed by atoms with E-state index in [0.717, 1.165) is 17.2 Å². The average molecular weight is 1130 g/mol. The average Bonchev–Trinajstić information content (AvgIpc) is 4.11. The fourth-order valence-electron chi connectivity index (χ4n) is 6.22. The first-order chi connectivity index (χ1) is 32.2. The number of nitrogens with zero attached hydrogens (tertiary/aromatic N) is 5. The summed E-state index contributed by atoms with van der Waals surface area (Å²) >= 11 is 2.68. The number of thiazole rings is 2. The summed E-state index contributed by atoms with van der Waals surface area (Å²) in [5.41, 5.74) is 23.2. The molecule has 29 heteroatoms. The van der Waals surface area contributed by atoms with E-state index in [0.29, 0.717) is 40.3 Å². The maximum Gasteiger partial charge on any atom is 0.271 e. The van der Waals surface area contributed by atoms with Gasteiger partial charge in [0.15, 0.2) is 0 Å². The van der Waals surface area contributed by atoms with E-state index >= 15 is 0 Å². The predicted octanol–water partition coefficient (Wildman–Crippen LogP) is -6.20. The Balaban J connectivity index is 0.0000126. The van der Waals surface area contributed by atoms with Crippen LogP contribution in [0.3, 0.4) is 0 Å². The fourth-order valence-corrected chi connectivity index (χ4v) is 8.56. The van der Waals surface area contributed by atoms with Gasteiger partial charge in [-0.15, -0.1) is 22.7 Å². The lowest BCUT2D eigenvalue weighted by Crippen LogP contribution is -3.00. The third-order valence-electron chi connectivity index (χ3n) is 10.2. The molecule has 0 aromatic carbocycles. The number of halogens is 1. The Kier molecular flexibility index (Phi) is 23.2. The van der Waals surface area contributed by atoms with Crippen LogP contribution in [0.4, 0.5) is 5.82 Å². The summed E-state index contributed by atoms with van der Waals surface area (Å²) in [6, 6.07) is -5.17. The van der Waals surface area contributed by atoms with Crippen molar-refractivity contribution in [2.24, 2.45) is 23.1 Å². The topological polar surface area (TPSA) is 416 Å². The quantitative estimate of drug-likeness (QED) is 0.0150. The molecule has 378 valence electrons. The Labute approximate surface area is 425 Å². The molecule has 4 rings (SSSR count). The van der Waals surface area contributed by atoms with Crippen LogP contribution in [-0.4, -0.2) is 150 Å². The number of H-pyrrole nitrogens is 1. The highest BCUT2D eigenvalue weighted by molar-refractivity contribution is 7.95. The van der Waals surface area contributed by atoms with Gasteiger partial charge in [-0.05, 0) is 24.7 Å². The van der Waals surface area contributed by atoms with Gasteiger partial charge in [0.25, 0.3) is 11.8 Å². The first-order valence-electron chi connectivity index (χ1n) is 21.1. The van der Waals surface area contributed by atoms with Gasteiger partial charge in [0.05, 0.1) is 72.4 Å². The molecule has 0 bridgehead atoms. The van der Waals surface area contributed by atoms with E-state index < -0.39 is 90.7 Å². The number of hydrogen-bond acceptors (Lipinski definition) is 19. The summed E-state index contributed by atoms with van der Waals surface area (Å²) in [4.78, 5) is 113. The van der Waals surface area contributed by atoms with Crippen molar-refractivity contribution in [3.8, 4) is 10.7 Å². The normalized spacial score (nSPS) is 14.2. The Morgan fingerprint density at radius 1 is 0.899 bits per heavy atom. The fraction of sp³-hybridized carbons (Fsp3) is 0.500. The van der Waals surface area contributed by atoms with Gasteiger partial charge in [-0.1, -0.05) is 6.92 Å². The van der Waals surface area contributed by atoms with Crippen LogP contribution in [0.2, 0.25) is 0 Å². The second-order valence-electron chi connectivity index (χ2n) is 15.8. The Bertz CT molecular complexity index is 2390. The summed E-state index contributed by atoms with van der Waals surface area (Å²) < 4.78 is 0. The van der Waals surface area contributed by atoms with Crippen LogP contribution in [0, 0.1) is 12.8 Å². The number of nitrogens with one attached hydrogen (secondary N) is 7. The van der Waals surface area contributed by atoms with Gasteiger partial charge in [-0.2, -0.15) is 0 Å². The molecule has 0 aliphatic heterocycles. The number of carbonyl (C=O) groups is 7. The second-order valence-corrected chi connectivity index (χ2v) is 20.0. The van der Waals surface area contributed by atoms with Crippen LogP contribution in [0.5, 0.6) is 0 Å². The van der Waals surface area contributed by atoms with E-state index in [-0.39, 0.29) is 71.6 Å². The van der Waals surface area contributed by atoms with Crippen molar-refractivity contribution < 1.29 is 67.8 Å². The van der Waals surface area contributed by atoms with Crippen molar-refractivity contribution in [2.45, 2.75) is 76.4 Å². The molecule has 4 heterocycles. The SMILES string of the molecule is Cc1c(N)nc([C@H](CC(N)=O)NC[C@H](N)C(N)=O)nc1C(=O)N[C@H](C(=O)N[C@H](C)[C@@H](O)[C@H](C)C(=O)NCC(=O)NCCc1nc(-c2nc(C(=O)NCCC[S+](C)C)cs2)cs1)[C@@H](O)c1cnc[nH]1.[I-]. The number of carbonyl (C=O) groups excluding carboxylic acids is 7. The number of aliphatic hydroxyl groups excluding tert-OH is 2. The van der Waals surface area contributed by atoms with E-state index in [1.807, 2.05) is 5.38 Å². The third-order valence-corrected chi connectivity index (χ3v) is 13.1. The number of aliphatic hydroxyl groups is 2. The van der Waals surface area contributed by atoms with Crippen molar-refractivity contribution in [1.82, 2.24) is 61.8 Å². The van der Waals surface area contributed by atoms with Gasteiger partial charge < -0.3 is 94.0 Å². The number of anilines is 1. The maximum absolute atomic E-state index is 13.8. The van der Waals surface area contributed by atoms with Crippen molar-refractivity contribution >= 4 is 80.7 Å². The number of imidazole rings is 1. The summed E-state index contributed by atoms with van der Waals surface area (Å²) in [6.07, 6.45) is 4.38. The highest BCUT2D eigenvalue weighted by Gasteiger charge is 2.36. The van der Waals surface area contributed by atoms with Crippen LogP contribution in [0.15, 0.2) is 23.3 Å². The van der Waals surface area contributed by atoms with E-state index in [2.05, 4.69) is 74.3 Å². The second kappa shape index (κ2) is 27.7. The minimum absolute atomic E-state index is 0. The Hall–Kier alpha value is -5.44. The molecule has 7 atom stereocenters. The molecule has 0 saturated heterocycles. The molecule has 0 fully saturated rings. The smallest absolute Gasteiger partial charge is 0.271 e. The minimum atomic E-state index is -1.77. The molecule has 0 saturated carbocycles. The third kappa shape index (κ3) is 17.5. The number of aromatic nitrogens is 6. The Morgan fingerprint density at radius 3 is 2.28 bits per heavy atom. The maximum atomic E-state index is 13.8. The molecule has 17 N–H and O–H groups in total. The highest BCUT2D eigenvalue weighted by Crippen LogP contribution is 2.26. The van der Waals surface area contributed by atoms with Gasteiger partial charge in [0.2, 0.25) is 29.5 Å².